The highest BCUT2D eigenvalue weighted by molar-refractivity contribution is 9.10. The lowest BCUT2D eigenvalue weighted by atomic mass is 10.2. The molecule has 0 aliphatic carbocycles. The zero-order chi connectivity index (χ0) is 19.7. The van der Waals surface area contributed by atoms with Gasteiger partial charge in [0.15, 0.2) is 0 Å². The van der Waals surface area contributed by atoms with Gasteiger partial charge < -0.3 is 5.32 Å². The molecule has 8 heteroatoms. The molecule has 0 amide bonds. The van der Waals surface area contributed by atoms with Gasteiger partial charge in [-0.2, -0.15) is 4.31 Å². The van der Waals surface area contributed by atoms with Gasteiger partial charge in [-0.05, 0) is 61.4 Å². The van der Waals surface area contributed by atoms with Gasteiger partial charge in [0, 0.05) is 22.9 Å². The van der Waals surface area contributed by atoms with Crippen LogP contribution in [0.1, 0.15) is 19.3 Å². The molecule has 0 atom stereocenters. The average molecular weight is 464 g/mol. The maximum absolute atomic E-state index is 14.0. The van der Waals surface area contributed by atoms with Crippen LogP contribution in [0.2, 0.25) is 0 Å². The van der Waals surface area contributed by atoms with Crippen molar-refractivity contribution in [2.75, 3.05) is 18.4 Å². The first-order valence-corrected chi connectivity index (χ1v) is 11.3. The molecule has 3 aromatic rings. The van der Waals surface area contributed by atoms with E-state index in [-0.39, 0.29) is 10.7 Å². The Hall–Kier alpha value is -2.03. The summed E-state index contributed by atoms with van der Waals surface area (Å²) in [4.78, 5) is 4.75. The zero-order valence-corrected chi connectivity index (χ0v) is 17.4. The Morgan fingerprint density at radius 3 is 2.54 bits per heavy atom. The summed E-state index contributed by atoms with van der Waals surface area (Å²) in [7, 11) is -3.49. The number of nitrogens with one attached hydrogen (secondary N) is 1. The van der Waals surface area contributed by atoms with Crippen molar-refractivity contribution < 1.29 is 12.8 Å². The predicted octanol–water partition coefficient (Wildman–Crippen LogP) is 5.05. The second-order valence-electron chi connectivity index (χ2n) is 6.76. The minimum absolute atomic E-state index is 0.281. The van der Waals surface area contributed by atoms with Crippen molar-refractivity contribution in [2.24, 2.45) is 0 Å². The summed E-state index contributed by atoms with van der Waals surface area (Å²) in [5.74, 6) is 0.0969. The van der Waals surface area contributed by atoms with Crippen molar-refractivity contribution in [2.45, 2.75) is 24.2 Å². The molecule has 5 nitrogen and oxygen atoms in total. The molecule has 0 unspecified atom stereocenters. The van der Waals surface area contributed by atoms with E-state index in [9.17, 15) is 12.8 Å². The number of anilines is 2. The molecule has 1 saturated heterocycles. The fourth-order valence-corrected chi connectivity index (χ4v) is 5.20. The minimum atomic E-state index is -3.49. The maximum Gasteiger partial charge on any atom is 0.243 e. The van der Waals surface area contributed by atoms with Crippen molar-refractivity contribution in [3.63, 3.8) is 0 Å². The normalized spacial score (nSPS) is 15.6. The van der Waals surface area contributed by atoms with E-state index in [4.69, 9.17) is 0 Å². The summed E-state index contributed by atoms with van der Waals surface area (Å²) in [5.41, 5.74) is 0.958. The van der Waals surface area contributed by atoms with Gasteiger partial charge in [-0.1, -0.05) is 22.4 Å². The van der Waals surface area contributed by atoms with Crippen LogP contribution in [-0.2, 0) is 10.0 Å². The highest BCUT2D eigenvalue weighted by atomic mass is 79.9. The monoisotopic (exact) mass is 463 g/mol. The van der Waals surface area contributed by atoms with E-state index in [0.717, 1.165) is 24.6 Å². The van der Waals surface area contributed by atoms with Crippen LogP contribution in [0.5, 0.6) is 0 Å². The highest BCUT2D eigenvalue weighted by Crippen LogP contribution is 2.26. The van der Waals surface area contributed by atoms with Gasteiger partial charge in [-0.25, -0.2) is 17.8 Å². The first-order valence-electron chi connectivity index (χ1n) is 9.06. The summed E-state index contributed by atoms with van der Waals surface area (Å²) >= 11 is 3.23. The van der Waals surface area contributed by atoms with Crippen LogP contribution in [0.15, 0.2) is 57.9 Å². The second-order valence-corrected chi connectivity index (χ2v) is 9.62. The molecule has 0 saturated carbocycles. The van der Waals surface area contributed by atoms with Crippen molar-refractivity contribution in [3.8, 4) is 0 Å². The van der Waals surface area contributed by atoms with Gasteiger partial charge in [0.2, 0.25) is 10.0 Å². The average Bonchev–Trinajstić information content (AvgIpc) is 2.70. The molecule has 0 radical (unpaired) electrons. The van der Waals surface area contributed by atoms with Crippen molar-refractivity contribution >= 4 is 48.4 Å². The smallest absolute Gasteiger partial charge is 0.243 e. The zero-order valence-electron chi connectivity index (χ0n) is 15.0. The highest BCUT2D eigenvalue weighted by Gasteiger charge is 2.26. The van der Waals surface area contributed by atoms with E-state index in [2.05, 4.69) is 26.2 Å². The van der Waals surface area contributed by atoms with Crippen molar-refractivity contribution in [1.82, 2.24) is 9.29 Å². The van der Waals surface area contributed by atoms with E-state index in [0.29, 0.717) is 34.6 Å². The number of piperidine rings is 1. The number of hydrogen-bond donors (Lipinski definition) is 1. The van der Waals surface area contributed by atoms with E-state index in [1.54, 1.807) is 46.8 Å². The number of sulfonamides is 1. The minimum Gasteiger partial charge on any atom is -0.338 e. The maximum atomic E-state index is 14.0. The standard InChI is InChI=1S/C20H19BrFN3O2S/c21-15-5-7-19(17(22)13-15)24-20-9-4-14-12-16(6-8-18(14)23-20)28(26,27)25-10-2-1-3-11-25/h4-9,12-13H,1-3,10-11H2,(H,23,24). The summed E-state index contributed by atoms with van der Waals surface area (Å²) in [6, 6.07) is 13.2. The molecule has 1 aliphatic heterocycles. The van der Waals surface area contributed by atoms with Gasteiger partial charge in [-0.15, -0.1) is 0 Å². The third kappa shape index (κ3) is 3.90. The number of hydrogen-bond acceptors (Lipinski definition) is 4. The van der Waals surface area contributed by atoms with E-state index < -0.39 is 10.0 Å². The van der Waals surface area contributed by atoms with Gasteiger partial charge in [0.05, 0.1) is 16.1 Å². The van der Waals surface area contributed by atoms with Crippen LogP contribution in [0.3, 0.4) is 0 Å². The van der Waals surface area contributed by atoms with E-state index in [1.165, 1.54) is 6.07 Å². The van der Waals surface area contributed by atoms with Crippen LogP contribution >= 0.6 is 15.9 Å². The van der Waals surface area contributed by atoms with Crippen LogP contribution in [0.25, 0.3) is 10.9 Å². The number of benzene rings is 2. The van der Waals surface area contributed by atoms with Crippen LogP contribution < -0.4 is 5.32 Å². The first kappa shape index (κ1) is 19.3. The van der Waals surface area contributed by atoms with Crippen molar-refractivity contribution in [1.29, 1.82) is 0 Å². The Labute approximate surface area is 171 Å². The van der Waals surface area contributed by atoms with Crippen molar-refractivity contribution in [3.05, 3.63) is 58.8 Å². The van der Waals surface area contributed by atoms with Crippen LogP contribution in [-0.4, -0.2) is 30.8 Å². The van der Waals surface area contributed by atoms with E-state index >= 15 is 0 Å². The Morgan fingerprint density at radius 2 is 1.79 bits per heavy atom. The summed E-state index contributed by atoms with van der Waals surface area (Å²) in [6.45, 7) is 1.14. The predicted molar refractivity (Wildman–Crippen MR) is 112 cm³/mol. The lowest BCUT2D eigenvalue weighted by Gasteiger charge is -2.25. The number of nitrogens with zero attached hydrogens (tertiary/aromatic N) is 2. The molecule has 1 N–H and O–H groups in total. The van der Waals surface area contributed by atoms with Gasteiger partial charge in [0.1, 0.15) is 11.6 Å². The lowest BCUT2D eigenvalue weighted by Crippen LogP contribution is -2.35. The number of aromatic nitrogens is 1. The second kappa shape index (κ2) is 7.77. The largest absolute Gasteiger partial charge is 0.338 e. The summed E-state index contributed by atoms with van der Waals surface area (Å²) in [6.07, 6.45) is 2.87. The van der Waals surface area contributed by atoms with Gasteiger partial charge >= 0.3 is 0 Å². The van der Waals surface area contributed by atoms with Gasteiger partial charge in [-0.3, -0.25) is 0 Å². The Kier molecular flexibility index (Phi) is 5.35. The SMILES string of the molecule is O=S(=O)(c1ccc2nc(Nc3ccc(Br)cc3F)ccc2c1)N1CCCCC1. The molecule has 4 rings (SSSR count). The fraction of sp³-hybridized carbons (Fsp3) is 0.250. The quantitative estimate of drug-likeness (QED) is 0.587. The molecule has 0 bridgehead atoms. The van der Waals surface area contributed by atoms with E-state index in [1.807, 2.05) is 0 Å². The summed E-state index contributed by atoms with van der Waals surface area (Å²) < 4.78 is 41.9. The Morgan fingerprint density at radius 1 is 1.00 bits per heavy atom. The molecule has 1 aliphatic rings. The number of fused-ring (bicyclic) bond motifs is 1. The third-order valence-electron chi connectivity index (χ3n) is 4.81. The molecule has 1 fully saturated rings. The van der Waals surface area contributed by atoms with Crippen LogP contribution in [0, 0.1) is 5.82 Å². The molecule has 0 spiro atoms. The summed E-state index contributed by atoms with van der Waals surface area (Å²) in [5, 5.41) is 3.68. The fourth-order valence-electron chi connectivity index (χ4n) is 3.32. The third-order valence-corrected chi connectivity index (χ3v) is 7.20. The number of pyridine rings is 1. The molecule has 146 valence electrons. The molecular weight excluding hydrogens is 445 g/mol. The van der Waals surface area contributed by atoms with Gasteiger partial charge in [0.25, 0.3) is 0 Å². The lowest BCUT2D eigenvalue weighted by molar-refractivity contribution is 0.346. The Balaban J connectivity index is 1.62. The Bertz CT molecular complexity index is 1130. The molecular formula is C20H19BrFN3O2S. The number of halogens is 2. The number of rotatable bonds is 4. The molecule has 2 heterocycles. The molecule has 28 heavy (non-hydrogen) atoms. The topological polar surface area (TPSA) is 62.3 Å². The first-order chi connectivity index (χ1) is 13.4. The van der Waals surface area contributed by atoms with Crippen LogP contribution in [0.4, 0.5) is 15.9 Å². The molecule has 1 aromatic heterocycles. The molecule has 2 aromatic carbocycles.